The van der Waals surface area contributed by atoms with Crippen molar-refractivity contribution in [3.63, 3.8) is 0 Å². The first kappa shape index (κ1) is 12.6. The highest BCUT2D eigenvalue weighted by molar-refractivity contribution is 4.97. The Morgan fingerprint density at radius 1 is 1.53 bits per heavy atom. The van der Waals surface area contributed by atoms with Crippen molar-refractivity contribution in [1.82, 2.24) is 14.5 Å². The molecule has 0 radical (unpaired) electrons. The van der Waals surface area contributed by atoms with E-state index in [2.05, 4.69) is 27.6 Å². The molecule has 1 saturated heterocycles. The minimum Gasteiger partial charge on any atom is -0.336 e. The molecule has 1 atom stereocenters. The Morgan fingerprint density at radius 3 is 3.18 bits per heavy atom. The average molecular weight is 236 g/mol. The highest BCUT2D eigenvalue weighted by Crippen LogP contribution is 2.21. The first-order valence-electron chi connectivity index (χ1n) is 6.75. The summed E-state index contributed by atoms with van der Waals surface area (Å²) in [7, 11) is 0. The molecule has 4 nitrogen and oxygen atoms in total. The number of hydrogen-bond donors (Lipinski definition) is 1. The van der Waals surface area contributed by atoms with Crippen LogP contribution in [0, 0.1) is 5.92 Å². The number of aromatic nitrogens is 2. The van der Waals surface area contributed by atoms with Crippen LogP contribution in [0.25, 0.3) is 0 Å². The first-order valence-corrected chi connectivity index (χ1v) is 6.75. The highest BCUT2D eigenvalue weighted by atomic mass is 15.2. The third kappa shape index (κ3) is 3.54. The molecule has 96 valence electrons. The summed E-state index contributed by atoms with van der Waals surface area (Å²) in [6, 6.07) is 0. The van der Waals surface area contributed by atoms with Gasteiger partial charge in [-0.25, -0.2) is 4.98 Å². The van der Waals surface area contributed by atoms with Gasteiger partial charge in [-0.1, -0.05) is 13.3 Å². The van der Waals surface area contributed by atoms with Gasteiger partial charge in [-0.15, -0.1) is 0 Å². The molecule has 0 aromatic carbocycles. The van der Waals surface area contributed by atoms with E-state index in [-0.39, 0.29) is 0 Å². The van der Waals surface area contributed by atoms with Crippen LogP contribution in [0.2, 0.25) is 0 Å². The van der Waals surface area contributed by atoms with Crippen LogP contribution >= 0.6 is 0 Å². The number of likely N-dealkylation sites (tertiary alicyclic amines) is 1. The lowest BCUT2D eigenvalue weighted by Gasteiger charge is -2.14. The quantitative estimate of drug-likeness (QED) is 0.813. The number of nitrogens with two attached hydrogens (primary N) is 1. The highest BCUT2D eigenvalue weighted by Gasteiger charge is 2.21. The maximum atomic E-state index is 5.53. The zero-order valence-corrected chi connectivity index (χ0v) is 10.8. The smallest absolute Gasteiger partial charge is 0.0950 e. The van der Waals surface area contributed by atoms with Crippen molar-refractivity contribution in [3.05, 3.63) is 18.2 Å². The van der Waals surface area contributed by atoms with E-state index in [9.17, 15) is 0 Å². The Morgan fingerprint density at radius 2 is 2.41 bits per heavy atom. The molecule has 2 N–H and O–H groups in total. The van der Waals surface area contributed by atoms with Crippen LogP contribution in [-0.4, -0.2) is 34.1 Å². The molecule has 0 aliphatic carbocycles. The largest absolute Gasteiger partial charge is 0.336 e. The zero-order valence-electron chi connectivity index (χ0n) is 10.8. The summed E-state index contributed by atoms with van der Waals surface area (Å²) in [5.41, 5.74) is 6.70. The van der Waals surface area contributed by atoms with E-state index in [1.807, 2.05) is 6.33 Å². The fourth-order valence-electron chi connectivity index (χ4n) is 2.69. The second-order valence-electron chi connectivity index (χ2n) is 5.07. The molecule has 1 aromatic rings. The summed E-state index contributed by atoms with van der Waals surface area (Å²) in [4.78, 5) is 6.96. The molecule has 1 unspecified atom stereocenters. The van der Waals surface area contributed by atoms with Crippen molar-refractivity contribution < 1.29 is 0 Å². The van der Waals surface area contributed by atoms with Crippen molar-refractivity contribution in [2.45, 2.75) is 39.3 Å². The second kappa shape index (κ2) is 6.17. The van der Waals surface area contributed by atoms with Crippen LogP contribution in [0.4, 0.5) is 0 Å². The molecule has 4 heteroatoms. The zero-order chi connectivity index (χ0) is 12.1. The molecule has 1 aliphatic rings. The summed E-state index contributed by atoms with van der Waals surface area (Å²) in [5, 5.41) is 0. The second-order valence-corrected chi connectivity index (χ2v) is 5.07. The van der Waals surface area contributed by atoms with Crippen LogP contribution < -0.4 is 5.73 Å². The third-order valence-electron chi connectivity index (χ3n) is 3.53. The molecule has 1 aliphatic heterocycles. The molecule has 0 bridgehead atoms. The van der Waals surface area contributed by atoms with Crippen LogP contribution in [0.1, 0.15) is 31.9 Å². The van der Waals surface area contributed by atoms with E-state index in [0.717, 1.165) is 19.0 Å². The SMILES string of the molecule is CCCC1CCN(Cc2cn(CCN)cn2)C1. The van der Waals surface area contributed by atoms with E-state index in [0.29, 0.717) is 6.54 Å². The van der Waals surface area contributed by atoms with Crippen molar-refractivity contribution in [1.29, 1.82) is 0 Å². The minimum atomic E-state index is 0.679. The van der Waals surface area contributed by atoms with E-state index in [4.69, 9.17) is 5.73 Å². The van der Waals surface area contributed by atoms with E-state index < -0.39 is 0 Å². The van der Waals surface area contributed by atoms with Gasteiger partial charge in [-0.2, -0.15) is 0 Å². The Bertz CT molecular complexity index is 334. The molecule has 0 saturated carbocycles. The van der Waals surface area contributed by atoms with E-state index in [1.165, 1.54) is 38.0 Å². The van der Waals surface area contributed by atoms with Gasteiger partial charge in [0.15, 0.2) is 0 Å². The van der Waals surface area contributed by atoms with Crippen molar-refractivity contribution in [2.24, 2.45) is 11.7 Å². The predicted octanol–water partition coefficient (Wildman–Crippen LogP) is 1.46. The Kier molecular flexibility index (Phi) is 4.57. The van der Waals surface area contributed by atoms with Gasteiger partial charge in [-0.3, -0.25) is 4.90 Å². The molecular formula is C13H24N4. The van der Waals surface area contributed by atoms with Gasteiger partial charge in [0.25, 0.3) is 0 Å². The lowest BCUT2D eigenvalue weighted by Crippen LogP contribution is -2.20. The maximum absolute atomic E-state index is 5.53. The monoisotopic (exact) mass is 236 g/mol. The Balaban J connectivity index is 1.80. The van der Waals surface area contributed by atoms with Gasteiger partial charge < -0.3 is 10.3 Å². The lowest BCUT2D eigenvalue weighted by atomic mass is 10.0. The molecule has 0 spiro atoms. The fraction of sp³-hybridized carbons (Fsp3) is 0.769. The summed E-state index contributed by atoms with van der Waals surface area (Å²) in [5.74, 6) is 0.908. The number of hydrogen-bond acceptors (Lipinski definition) is 3. The van der Waals surface area contributed by atoms with Crippen LogP contribution in [0.5, 0.6) is 0 Å². The van der Waals surface area contributed by atoms with Gasteiger partial charge >= 0.3 is 0 Å². The molecule has 2 rings (SSSR count). The van der Waals surface area contributed by atoms with Crippen molar-refractivity contribution >= 4 is 0 Å². The normalized spacial score (nSPS) is 21.2. The Hall–Kier alpha value is -0.870. The molecule has 1 fully saturated rings. The third-order valence-corrected chi connectivity index (χ3v) is 3.53. The molecule has 17 heavy (non-hydrogen) atoms. The summed E-state index contributed by atoms with van der Waals surface area (Å²) >= 11 is 0. The fourth-order valence-corrected chi connectivity index (χ4v) is 2.69. The van der Waals surface area contributed by atoms with Gasteiger partial charge in [0.05, 0.1) is 12.0 Å². The standard InChI is InChI=1S/C13H24N4/c1-2-3-12-4-6-16(8-12)9-13-10-17(7-5-14)11-15-13/h10-12H,2-9,14H2,1H3. The summed E-state index contributed by atoms with van der Waals surface area (Å²) in [6.07, 6.45) is 8.06. The summed E-state index contributed by atoms with van der Waals surface area (Å²) < 4.78 is 2.08. The van der Waals surface area contributed by atoms with Crippen molar-refractivity contribution in [3.8, 4) is 0 Å². The topological polar surface area (TPSA) is 47.1 Å². The molecule has 2 heterocycles. The molecule has 0 amide bonds. The number of nitrogens with zero attached hydrogens (tertiary/aromatic N) is 3. The lowest BCUT2D eigenvalue weighted by molar-refractivity contribution is 0.309. The first-order chi connectivity index (χ1) is 8.31. The maximum Gasteiger partial charge on any atom is 0.0950 e. The molecular weight excluding hydrogens is 212 g/mol. The van der Waals surface area contributed by atoms with Crippen molar-refractivity contribution in [2.75, 3.05) is 19.6 Å². The summed E-state index contributed by atoms with van der Waals surface area (Å²) in [6.45, 7) is 7.30. The van der Waals surface area contributed by atoms with E-state index in [1.54, 1.807) is 0 Å². The van der Waals surface area contributed by atoms with Crippen LogP contribution in [0.15, 0.2) is 12.5 Å². The van der Waals surface area contributed by atoms with Gasteiger partial charge in [0.1, 0.15) is 0 Å². The Labute approximate surface area is 104 Å². The van der Waals surface area contributed by atoms with Gasteiger partial charge in [-0.05, 0) is 25.3 Å². The van der Waals surface area contributed by atoms with Gasteiger partial charge in [0, 0.05) is 32.4 Å². The van der Waals surface area contributed by atoms with Crippen LogP contribution in [-0.2, 0) is 13.1 Å². The van der Waals surface area contributed by atoms with E-state index >= 15 is 0 Å². The average Bonchev–Trinajstić information content (AvgIpc) is 2.91. The predicted molar refractivity (Wildman–Crippen MR) is 69.6 cm³/mol. The number of imidazole rings is 1. The van der Waals surface area contributed by atoms with Crippen LogP contribution in [0.3, 0.4) is 0 Å². The minimum absolute atomic E-state index is 0.679. The molecule has 1 aromatic heterocycles. The van der Waals surface area contributed by atoms with Gasteiger partial charge in [0.2, 0.25) is 0 Å². The number of rotatable bonds is 6.